The quantitative estimate of drug-likeness (QED) is 0.540. The normalized spacial score (nSPS) is 16.7. The highest BCUT2D eigenvalue weighted by Gasteiger charge is 2.41. The van der Waals surface area contributed by atoms with E-state index < -0.39 is 30.4 Å². The number of benzene rings is 2. The third-order valence-electron chi connectivity index (χ3n) is 6.66. The predicted molar refractivity (Wildman–Crippen MR) is 128 cm³/mol. The molecule has 2 aliphatic carbocycles. The molecule has 2 aliphatic rings. The number of carboxylic acids is 1. The maximum absolute atomic E-state index is 12.9. The molecule has 4 rings (SSSR count). The molecule has 0 radical (unpaired) electrons. The second-order valence-electron chi connectivity index (χ2n) is 10.3. The van der Waals surface area contributed by atoms with Crippen LogP contribution in [0.2, 0.25) is 0 Å². The van der Waals surface area contributed by atoms with E-state index in [4.69, 9.17) is 4.74 Å². The van der Waals surface area contributed by atoms with Gasteiger partial charge in [-0.25, -0.2) is 4.79 Å². The molecule has 0 heterocycles. The Labute approximate surface area is 199 Å². The van der Waals surface area contributed by atoms with Gasteiger partial charge in [-0.1, -0.05) is 69.3 Å². The molecule has 2 atom stereocenters. The minimum Gasteiger partial charge on any atom is -0.481 e. The molecule has 2 aromatic rings. The Bertz CT molecular complexity index is 1040. The Hall–Kier alpha value is -3.35. The van der Waals surface area contributed by atoms with E-state index in [1.165, 1.54) is 0 Å². The van der Waals surface area contributed by atoms with Crippen molar-refractivity contribution in [3.63, 3.8) is 0 Å². The molecule has 0 aromatic heterocycles. The Morgan fingerprint density at radius 1 is 0.971 bits per heavy atom. The topological polar surface area (TPSA) is 105 Å². The molecule has 180 valence electrons. The SMILES string of the molecule is CC(C)(C)C(NC(=O)C(CC(=O)O)NC(=O)OCC1c2ccccc2-c2ccccc21)C1CC1. The molecule has 2 unspecified atom stereocenters. The van der Waals surface area contributed by atoms with Crippen molar-refractivity contribution in [2.45, 2.75) is 58.0 Å². The van der Waals surface area contributed by atoms with E-state index in [9.17, 15) is 19.5 Å². The average molecular weight is 465 g/mol. The van der Waals surface area contributed by atoms with Gasteiger partial charge in [0.15, 0.2) is 0 Å². The van der Waals surface area contributed by atoms with Gasteiger partial charge in [-0.3, -0.25) is 9.59 Å². The first kappa shape index (κ1) is 23.8. The summed E-state index contributed by atoms with van der Waals surface area (Å²) in [4.78, 5) is 37.0. The summed E-state index contributed by atoms with van der Waals surface area (Å²) < 4.78 is 5.51. The summed E-state index contributed by atoms with van der Waals surface area (Å²) in [6.45, 7) is 6.22. The second kappa shape index (κ2) is 9.49. The van der Waals surface area contributed by atoms with Crippen LogP contribution in [0, 0.1) is 11.3 Å². The standard InChI is InChI=1S/C27H32N2O5/c1-27(2,3)24(16-12-13-16)29-25(32)22(14-23(30)31)28-26(33)34-15-21-19-10-6-4-8-17(19)18-9-5-7-11-20(18)21/h4-11,16,21-22,24H,12-15H2,1-3H3,(H,28,33)(H,29,32)(H,30,31). The number of amides is 2. The van der Waals surface area contributed by atoms with Crippen LogP contribution in [0.5, 0.6) is 0 Å². The summed E-state index contributed by atoms with van der Waals surface area (Å²) in [5.74, 6) is -1.41. The van der Waals surface area contributed by atoms with Crippen LogP contribution in [0.3, 0.4) is 0 Å². The lowest BCUT2D eigenvalue weighted by Gasteiger charge is -2.33. The molecule has 1 saturated carbocycles. The summed E-state index contributed by atoms with van der Waals surface area (Å²) in [6, 6.07) is 14.7. The number of rotatable bonds is 8. The van der Waals surface area contributed by atoms with Crippen LogP contribution in [0.1, 0.15) is 57.1 Å². The summed E-state index contributed by atoms with van der Waals surface area (Å²) in [7, 11) is 0. The zero-order valence-electron chi connectivity index (χ0n) is 19.8. The highest BCUT2D eigenvalue weighted by atomic mass is 16.5. The van der Waals surface area contributed by atoms with E-state index in [2.05, 4.69) is 10.6 Å². The lowest BCUT2D eigenvalue weighted by molar-refractivity contribution is -0.140. The first-order chi connectivity index (χ1) is 16.1. The molecule has 3 N–H and O–H groups in total. The molecule has 7 nitrogen and oxygen atoms in total. The van der Waals surface area contributed by atoms with E-state index in [0.29, 0.717) is 5.92 Å². The third kappa shape index (κ3) is 5.24. The fourth-order valence-corrected chi connectivity index (χ4v) is 4.89. The molecule has 1 fully saturated rings. The fourth-order valence-electron chi connectivity index (χ4n) is 4.89. The third-order valence-corrected chi connectivity index (χ3v) is 6.66. The molecule has 0 bridgehead atoms. The first-order valence-corrected chi connectivity index (χ1v) is 11.8. The monoisotopic (exact) mass is 464 g/mol. The Morgan fingerprint density at radius 2 is 1.53 bits per heavy atom. The van der Waals surface area contributed by atoms with Crippen molar-refractivity contribution in [3.05, 3.63) is 59.7 Å². The van der Waals surface area contributed by atoms with Crippen molar-refractivity contribution < 1.29 is 24.2 Å². The highest BCUT2D eigenvalue weighted by Crippen LogP contribution is 2.44. The molecule has 34 heavy (non-hydrogen) atoms. The van der Waals surface area contributed by atoms with Crippen LogP contribution >= 0.6 is 0 Å². The minimum atomic E-state index is -1.21. The van der Waals surface area contributed by atoms with Crippen LogP contribution in [0.4, 0.5) is 4.79 Å². The number of alkyl carbamates (subject to hydrolysis) is 1. The molecule has 2 aromatic carbocycles. The zero-order chi connectivity index (χ0) is 24.5. The smallest absolute Gasteiger partial charge is 0.407 e. The number of hydrogen-bond acceptors (Lipinski definition) is 4. The van der Waals surface area contributed by atoms with E-state index in [1.807, 2.05) is 69.3 Å². The van der Waals surface area contributed by atoms with Crippen LogP contribution in [0.15, 0.2) is 48.5 Å². The fraction of sp³-hybridized carbons (Fsp3) is 0.444. The van der Waals surface area contributed by atoms with Crippen LogP contribution in [-0.4, -0.2) is 41.8 Å². The largest absolute Gasteiger partial charge is 0.481 e. The second-order valence-corrected chi connectivity index (χ2v) is 10.3. The van der Waals surface area contributed by atoms with Gasteiger partial charge in [0.25, 0.3) is 0 Å². The van der Waals surface area contributed by atoms with Gasteiger partial charge in [0.2, 0.25) is 5.91 Å². The number of nitrogens with one attached hydrogen (secondary N) is 2. The molecule has 0 saturated heterocycles. The van der Waals surface area contributed by atoms with Gasteiger partial charge in [-0.05, 0) is 46.4 Å². The number of ether oxygens (including phenoxy) is 1. The minimum absolute atomic E-state index is 0.0828. The molecule has 0 spiro atoms. The maximum Gasteiger partial charge on any atom is 0.407 e. The van der Waals surface area contributed by atoms with Crippen LogP contribution in [0.25, 0.3) is 11.1 Å². The molecule has 0 aliphatic heterocycles. The van der Waals surface area contributed by atoms with Crippen LogP contribution in [-0.2, 0) is 14.3 Å². The number of carbonyl (C=O) groups is 3. The van der Waals surface area contributed by atoms with Crippen molar-refractivity contribution in [2.24, 2.45) is 11.3 Å². The molecular weight excluding hydrogens is 432 g/mol. The van der Waals surface area contributed by atoms with Crippen molar-refractivity contribution >= 4 is 18.0 Å². The van der Waals surface area contributed by atoms with Crippen LogP contribution < -0.4 is 10.6 Å². The van der Waals surface area contributed by atoms with Gasteiger partial charge < -0.3 is 20.5 Å². The summed E-state index contributed by atoms with van der Waals surface area (Å²) >= 11 is 0. The molecule has 2 amide bonds. The number of aliphatic carboxylic acids is 1. The van der Waals surface area contributed by atoms with Gasteiger partial charge in [0.1, 0.15) is 12.6 Å². The van der Waals surface area contributed by atoms with Gasteiger partial charge in [0.05, 0.1) is 6.42 Å². The van der Waals surface area contributed by atoms with Crippen molar-refractivity contribution in [2.75, 3.05) is 6.61 Å². The number of carbonyl (C=O) groups excluding carboxylic acids is 2. The van der Waals surface area contributed by atoms with Gasteiger partial charge >= 0.3 is 12.1 Å². The van der Waals surface area contributed by atoms with E-state index in [1.54, 1.807) is 0 Å². The number of hydrogen-bond donors (Lipinski definition) is 3. The van der Waals surface area contributed by atoms with Crippen molar-refractivity contribution in [1.29, 1.82) is 0 Å². The summed E-state index contributed by atoms with van der Waals surface area (Å²) in [6.07, 6.45) is 0.747. The zero-order valence-corrected chi connectivity index (χ0v) is 19.8. The molecule has 7 heteroatoms. The number of fused-ring (bicyclic) bond motifs is 3. The number of carboxylic acid groups (broad SMARTS) is 1. The van der Waals surface area contributed by atoms with E-state index in [-0.39, 0.29) is 24.0 Å². The predicted octanol–water partition coefficient (Wildman–Crippen LogP) is 4.31. The first-order valence-electron chi connectivity index (χ1n) is 11.8. The van der Waals surface area contributed by atoms with E-state index >= 15 is 0 Å². The lowest BCUT2D eigenvalue weighted by Crippen LogP contribution is -2.54. The van der Waals surface area contributed by atoms with E-state index in [0.717, 1.165) is 35.1 Å². The van der Waals surface area contributed by atoms with Gasteiger partial charge in [-0.2, -0.15) is 0 Å². The van der Waals surface area contributed by atoms with Gasteiger partial charge in [0, 0.05) is 12.0 Å². The summed E-state index contributed by atoms with van der Waals surface area (Å²) in [5, 5.41) is 14.8. The Kier molecular flexibility index (Phi) is 6.64. The Balaban J connectivity index is 1.42. The average Bonchev–Trinajstić information content (AvgIpc) is 3.56. The molecular formula is C27H32N2O5. The van der Waals surface area contributed by atoms with Gasteiger partial charge in [-0.15, -0.1) is 0 Å². The summed E-state index contributed by atoms with van der Waals surface area (Å²) in [5.41, 5.74) is 4.21. The van der Waals surface area contributed by atoms with Crippen molar-refractivity contribution in [3.8, 4) is 11.1 Å². The maximum atomic E-state index is 12.9. The van der Waals surface area contributed by atoms with Crippen molar-refractivity contribution in [1.82, 2.24) is 10.6 Å². The highest BCUT2D eigenvalue weighted by molar-refractivity contribution is 5.89. The lowest BCUT2D eigenvalue weighted by atomic mass is 9.83. The Morgan fingerprint density at radius 3 is 2.03 bits per heavy atom.